The van der Waals surface area contributed by atoms with E-state index in [9.17, 15) is 13.6 Å². The molecule has 0 aliphatic carbocycles. The zero-order valence-corrected chi connectivity index (χ0v) is 14.7. The number of hydrogen-bond acceptors (Lipinski definition) is 2. The van der Waals surface area contributed by atoms with Gasteiger partial charge >= 0.3 is 0 Å². The van der Waals surface area contributed by atoms with Crippen LogP contribution in [0.2, 0.25) is 0 Å². The fourth-order valence-electron chi connectivity index (χ4n) is 3.28. The van der Waals surface area contributed by atoms with Crippen molar-refractivity contribution in [3.05, 3.63) is 70.8 Å². The number of hydrogen-bond donors (Lipinski definition) is 1. The molecule has 0 spiro atoms. The summed E-state index contributed by atoms with van der Waals surface area (Å²) in [6.07, 6.45) is 5.32. The van der Waals surface area contributed by atoms with Crippen LogP contribution < -0.4 is 9.64 Å². The van der Waals surface area contributed by atoms with Gasteiger partial charge in [0.15, 0.2) is 17.4 Å². The van der Waals surface area contributed by atoms with Crippen molar-refractivity contribution in [1.82, 2.24) is 0 Å². The highest BCUT2D eigenvalue weighted by molar-refractivity contribution is 6.07. The largest absolute Gasteiger partial charge is 0.496 e. The lowest BCUT2D eigenvalue weighted by Crippen LogP contribution is -3.08. The van der Waals surface area contributed by atoms with Crippen LogP contribution in [0.25, 0.3) is 6.08 Å². The van der Waals surface area contributed by atoms with Crippen LogP contribution in [0.1, 0.15) is 34.3 Å². The normalized spacial score (nSPS) is 14.9. The predicted octanol–water partition coefficient (Wildman–Crippen LogP) is 3.05. The van der Waals surface area contributed by atoms with E-state index in [1.807, 2.05) is 12.1 Å². The molecule has 0 unspecified atom stereocenters. The highest BCUT2D eigenvalue weighted by Crippen LogP contribution is 2.20. The lowest BCUT2D eigenvalue weighted by Gasteiger charge is -2.15. The van der Waals surface area contributed by atoms with Crippen molar-refractivity contribution in [2.75, 3.05) is 20.2 Å². The topological polar surface area (TPSA) is 30.7 Å². The van der Waals surface area contributed by atoms with Crippen molar-refractivity contribution in [2.45, 2.75) is 19.4 Å². The number of rotatable bonds is 6. The first-order chi connectivity index (χ1) is 12.6. The Hall–Kier alpha value is -2.53. The number of methoxy groups -OCH3 is 1. The summed E-state index contributed by atoms with van der Waals surface area (Å²) in [5.41, 5.74) is 2.00. The molecule has 3 rings (SSSR count). The summed E-state index contributed by atoms with van der Waals surface area (Å²) in [5.74, 6) is -1.24. The Labute approximate surface area is 151 Å². The van der Waals surface area contributed by atoms with Crippen molar-refractivity contribution in [3.63, 3.8) is 0 Å². The molecule has 2 aromatic carbocycles. The summed E-state index contributed by atoms with van der Waals surface area (Å²) in [4.78, 5) is 13.9. The van der Waals surface area contributed by atoms with Gasteiger partial charge < -0.3 is 9.64 Å². The molecule has 0 amide bonds. The van der Waals surface area contributed by atoms with Gasteiger partial charge in [-0.15, -0.1) is 0 Å². The van der Waals surface area contributed by atoms with Crippen molar-refractivity contribution in [2.24, 2.45) is 0 Å². The van der Waals surface area contributed by atoms with Gasteiger partial charge in [0, 0.05) is 24.0 Å². The van der Waals surface area contributed by atoms with Gasteiger partial charge in [0.2, 0.25) is 0 Å². The van der Waals surface area contributed by atoms with E-state index in [1.165, 1.54) is 36.0 Å². The van der Waals surface area contributed by atoms with Gasteiger partial charge in [-0.3, -0.25) is 4.79 Å². The SMILES string of the molecule is COc1ccc(C(=O)/C=C/c2ccc(F)c(F)c2)cc1C[NH+]1CCCC1. The van der Waals surface area contributed by atoms with E-state index in [4.69, 9.17) is 4.74 Å². The summed E-state index contributed by atoms with van der Waals surface area (Å²) < 4.78 is 31.6. The number of carbonyl (C=O) groups is 1. The monoisotopic (exact) mass is 358 g/mol. The third kappa shape index (κ3) is 4.35. The maximum absolute atomic E-state index is 13.2. The van der Waals surface area contributed by atoms with Crippen LogP contribution in [0.5, 0.6) is 5.75 Å². The van der Waals surface area contributed by atoms with Crippen LogP contribution in [-0.2, 0) is 6.54 Å². The highest BCUT2D eigenvalue weighted by atomic mass is 19.2. The Morgan fingerprint density at radius 3 is 2.58 bits per heavy atom. The Kier molecular flexibility index (Phi) is 5.78. The zero-order valence-electron chi connectivity index (χ0n) is 14.7. The number of carbonyl (C=O) groups excluding carboxylic acids is 1. The number of likely N-dealkylation sites (tertiary alicyclic amines) is 1. The second kappa shape index (κ2) is 8.23. The molecule has 26 heavy (non-hydrogen) atoms. The Bertz CT molecular complexity index is 827. The summed E-state index contributed by atoms with van der Waals surface area (Å²) >= 11 is 0. The van der Waals surface area contributed by atoms with E-state index < -0.39 is 11.6 Å². The number of allylic oxidation sites excluding steroid dienone is 1. The first kappa shape index (κ1) is 18.3. The molecular weight excluding hydrogens is 336 g/mol. The van der Waals surface area contributed by atoms with Crippen LogP contribution >= 0.6 is 0 Å². The molecule has 0 bridgehead atoms. The van der Waals surface area contributed by atoms with Gasteiger partial charge in [0.05, 0.1) is 20.2 Å². The fraction of sp³-hybridized carbons (Fsp3) is 0.286. The van der Waals surface area contributed by atoms with Crippen LogP contribution in [0.3, 0.4) is 0 Å². The summed E-state index contributed by atoms with van der Waals surface area (Å²) in [6.45, 7) is 3.10. The third-order valence-corrected chi connectivity index (χ3v) is 4.69. The molecule has 5 heteroatoms. The number of quaternary nitrogens is 1. The maximum atomic E-state index is 13.2. The highest BCUT2D eigenvalue weighted by Gasteiger charge is 2.18. The fourth-order valence-corrected chi connectivity index (χ4v) is 3.28. The Morgan fingerprint density at radius 2 is 1.88 bits per heavy atom. The summed E-state index contributed by atoms with van der Waals surface area (Å²) in [7, 11) is 1.63. The number of ether oxygens (including phenoxy) is 1. The van der Waals surface area contributed by atoms with E-state index in [0.29, 0.717) is 11.1 Å². The average Bonchev–Trinajstić information content (AvgIpc) is 3.15. The molecule has 3 nitrogen and oxygen atoms in total. The lowest BCUT2D eigenvalue weighted by molar-refractivity contribution is -0.901. The van der Waals surface area contributed by atoms with E-state index in [1.54, 1.807) is 13.2 Å². The molecule has 0 saturated carbocycles. The van der Waals surface area contributed by atoms with Gasteiger partial charge in [-0.2, -0.15) is 0 Å². The van der Waals surface area contributed by atoms with Crippen molar-refractivity contribution in [1.29, 1.82) is 0 Å². The lowest BCUT2D eigenvalue weighted by atomic mass is 10.0. The smallest absolute Gasteiger partial charge is 0.185 e. The third-order valence-electron chi connectivity index (χ3n) is 4.69. The molecule has 1 heterocycles. The van der Waals surface area contributed by atoms with Crippen molar-refractivity contribution in [3.8, 4) is 5.75 Å². The van der Waals surface area contributed by atoms with Gasteiger partial charge in [0.25, 0.3) is 0 Å². The van der Waals surface area contributed by atoms with Crippen molar-refractivity contribution >= 4 is 11.9 Å². The molecule has 2 aromatic rings. The van der Waals surface area contributed by atoms with Crippen LogP contribution in [-0.4, -0.2) is 26.0 Å². The van der Waals surface area contributed by atoms with E-state index >= 15 is 0 Å². The molecule has 1 fully saturated rings. The number of nitrogens with one attached hydrogen (secondary N) is 1. The van der Waals surface area contributed by atoms with Crippen molar-refractivity contribution < 1.29 is 23.2 Å². The molecule has 1 N–H and O–H groups in total. The summed E-state index contributed by atoms with van der Waals surface area (Å²) in [6, 6.07) is 8.93. The minimum absolute atomic E-state index is 0.185. The first-order valence-electron chi connectivity index (χ1n) is 8.75. The second-order valence-corrected chi connectivity index (χ2v) is 6.53. The molecule has 1 aliphatic heterocycles. The quantitative estimate of drug-likeness (QED) is 0.636. The minimum atomic E-state index is -0.931. The number of benzene rings is 2. The standard InChI is InChI=1S/C21H21F2NO2/c1-26-21-9-6-16(13-17(21)14-24-10-2-3-11-24)20(25)8-5-15-4-7-18(22)19(23)12-15/h4-9,12-13H,2-3,10-11,14H2,1H3/p+1/b8-5+. The van der Waals surface area contributed by atoms with Gasteiger partial charge in [-0.1, -0.05) is 12.1 Å². The Morgan fingerprint density at radius 1 is 1.12 bits per heavy atom. The maximum Gasteiger partial charge on any atom is 0.185 e. The molecule has 0 aromatic heterocycles. The number of ketones is 1. The predicted molar refractivity (Wildman–Crippen MR) is 96.4 cm³/mol. The van der Waals surface area contributed by atoms with Gasteiger partial charge in [0.1, 0.15) is 12.3 Å². The minimum Gasteiger partial charge on any atom is -0.496 e. The molecule has 1 saturated heterocycles. The number of halogens is 2. The molecule has 0 radical (unpaired) electrons. The van der Waals surface area contributed by atoms with Gasteiger partial charge in [-0.25, -0.2) is 8.78 Å². The van der Waals surface area contributed by atoms with E-state index in [2.05, 4.69) is 0 Å². The molecule has 136 valence electrons. The molecule has 0 atom stereocenters. The second-order valence-electron chi connectivity index (χ2n) is 6.53. The molecular formula is C21H22F2NO2+. The Balaban J connectivity index is 1.77. The zero-order chi connectivity index (χ0) is 18.5. The average molecular weight is 358 g/mol. The van der Waals surface area contributed by atoms with Gasteiger partial charge in [-0.05, 0) is 42.0 Å². The molecule has 1 aliphatic rings. The van der Waals surface area contributed by atoms with Crippen LogP contribution in [0.4, 0.5) is 8.78 Å². The first-order valence-corrected chi connectivity index (χ1v) is 8.75. The summed E-state index contributed by atoms with van der Waals surface area (Å²) in [5, 5.41) is 0. The van der Waals surface area contributed by atoms with E-state index in [0.717, 1.165) is 43.1 Å². The van der Waals surface area contributed by atoms with Crippen LogP contribution in [0.15, 0.2) is 42.5 Å². The van der Waals surface area contributed by atoms with E-state index in [-0.39, 0.29) is 5.78 Å². The van der Waals surface area contributed by atoms with Crippen LogP contribution in [0, 0.1) is 11.6 Å².